The molecular formula is C26H32N2O2. The van der Waals surface area contributed by atoms with Crippen LogP contribution in [0, 0.1) is 6.92 Å². The van der Waals surface area contributed by atoms with Crippen molar-refractivity contribution in [2.45, 2.75) is 32.7 Å². The van der Waals surface area contributed by atoms with Gasteiger partial charge in [-0.05, 0) is 48.4 Å². The summed E-state index contributed by atoms with van der Waals surface area (Å²) in [4.78, 5) is 2.10. The number of hydrogen-bond donors (Lipinski definition) is 2. The Morgan fingerprint density at radius 3 is 2.30 bits per heavy atom. The van der Waals surface area contributed by atoms with Gasteiger partial charge >= 0.3 is 0 Å². The third kappa shape index (κ3) is 7.30. The van der Waals surface area contributed by atoms with Crippen LogP contribution in [0.3, 0.4) is 0 Å². The van der Waals surface area contributed by atoms with Gasteiger partial charge in [0.25, 0.3) is 0 Å². The van der Waals surface area contributed by atoms with Crippen molar-refractivity contribution in [1.29, 1.82) is 0 Å². The van der Waals surface area contributed by atoms with Crippen LogP contribution in [-0.4, -0.2) is 36.3 Å². The molecule has 158 valence electrons. The summed E-state index contributed by atoms with van der Waals surface area (Å²) in [6, 6.07) is 26.7. The van der Waals surface area contributed by atoms with Crippen molar-refractivity contribution >= 4 is 0 Å². The van der Waals surface area contributed by atoms with E-state index in [1.807, 2.05) is 37.4 Å². The lowest BCUT2D eigenvalue weighted by molar-refractivity contribution is 0.0744. The monoisotopic (exact) mass is 404 g/mol. The highest BCUT2D eigenvalue weighted by Gasteiger charge is 2.10. The first kappa shape index (κ1) is 22.0. The van der Waals surface area contributed by atoms with E-state index in [-0.39, 0.29) is 6.61 Å². The van der Waals surface area contributed by atoms with Crippen LogP contribution in [-0.2, 0) is 19.6 Å². The minimum atomic E-state index is -0.533. The zero-order valence-electron chi connectivity index (χ0n) is 17.9. The van der Waals surface area contributed by atoms with E-state index >= 15 is 0 Å². The molecule has 0 fully saturated rings. The molecule has 1 atom stereocenters. The molecule has 0 amide bonds. The highest BCUT2D eigenvalue weighted by Crippen LogP contribution is 2.13. The van der Waals surface area contributed by atoms with Crippen molar-refractivity contribution in [1.82, 2.24) is 10.2 Å². The van der Waals surface area contributed by atoms with Gasteiger partial charge in [-0.3, -0.25) is 4.90 Å². The van der Waals surface area contributed by atoms with Crippen LogP contribution in [0.1, 0.15) is 22.3 Å². The molecule has 0 aliphatic heterocycles. The van der Waals surface area contributed by atoms with E-state index in [1.54, 1.807) is 0 Å². The van der Waals surface area contributed by atoms with E-state index < -0.39 is 6.10 Å². The van der Waals surface area contributed by atoms with Gasteiger partial charge in [0, 0.05) is 26.2 Å². The summed E-state index contributed by atoms with van der Waals surface area (Å²) in [5.74, 6) is 0.780. The van der Waals surface area contributed by atoms with Crippen molar-refractivity contribution in [2.24, 2.45) is 0 Å². The molecule has 30 heavy (non-hydrogen) atoms. The van der Waals surface area contributed by atoms with Gasteiger partial charge < -0.3 is 15.2 Å². The zero-order valence-corrected chi connectivity index (χ0v) is 17.9. The normalized spacial score (nSPS) is 12.1. The van der Waals surface area contributed by atoms with E-state index in [4.69, 9.17) is 4.74 Å². The molecule has 0 aromatic heterocycles. The number of aliphatic hydroxyl groups is 1. The summed E-state index contributed by atoms with van der Waals surface area (Å²) in [5.41, 5.74) is 5.07. The van der Waals surface area contributed by atoms with Gasteiger partial charge in [-0.15, -0.1) is 0 Å². The SMILES string of the molecule is Cc1ccccc1CNCc1ccc(OCC(O)CN(C)Cc2ccccc2)cc1. The molecule has 4 nitrogen and oxygen atoms in total. The van der Waals surface area contributed by atoms with Crippen LogP contribution < -0.4 is 10.1 Å². The number of likely N-dealkylation sites (N-methyl/N-ethyl adjacent to an activating group) is 1. The molecule has 0 saturated heterocycles. The Kier molecular flexibility index (Phi) is 8.45. The van der Waals surface area contributed by atoms with Gasteiger partial charge in [-0.1, -0.05) is 66.7 Å². The van der Waals surface area contributed by atoms with Crippen molar-refractivity contribution in [3.63, 3.8) is 0 Å². The molecule has 3 aromatic rings. The van der Waals surface area contributed by atoms with E-state index in [9.17, 15) is 5.11 Å². The van der Waals surface area contributed by atoms with Gasteiger partial charge in [0.2, 0.25) is 0 Å². The zero-order chi connectivity index (χ0) is 21.2. The fraction of sp³-hybridized carbons (Fsp3) is 0.308. The molecule has 0 aliphatic carbocycles. The predicted molar refractivity (Wildman–Crippen MR) is 122 cm³/mol. The second-order valence-corrected chi connectivity index (χ2v) is 7.82. The van der Waals surface area contributed by atoms with Crippen LogP contribution >= 0.6 is 0 Å². The number of benzene rings is 3. The van der Waals surface area contributed by atoms with Crippen LogP contribution in [0.5, 0.6) is 5.75 Å². The summed E-state index contributed by atoms with van der Waals surface area (Å²) in [5, 5.41) is 13.8. The van der Waals surface area contributed by atoms with E-state index in [0.29, 0.717) is 6.54 Å². The average molecular weight is 405 g/mol. The summed E-state index contributed by atoms with van der Waals surface area (Å²) < 4.78 is 5.77. The predicted octanol–water partition coefficient (Wildman–Crippen LogP) is 4.16. The van der Waals surface area contributed by atoms with Gasteiger partial charge in [-0.2, -0.15) is 0 Å². The molecule has 0 radical (unpaired) electrons. The van der Waals surface area contributed by atoms with Crippen LogP contribution in [0.25, 0.3) is 0 Å². The lowest BCUT2D eigenvalue weighted by atomic mass is 10.1. The maximum absolute atomic E-state index is 10.3. The molecule has 0 spiro atoms. The molecule has 1 unspecified atom stereocenters. The molecule has 0 heterocycles. The number of nitrogens with one attached hydrogen (secondary N) is 1. The number of aliphatic hydroxyl groups excluding tert-OH is 1. The van der Waals surface area contributed by atoms with Crippen molar-refractivity contribution in [3.8, 4) is 5.75 Å². The van der Waals surface area contributed by atoms with Crippen LogP contribution in [0.2, 0.25) is 0 Å². The summed E-state index contributed by atoms with van der Waals surface area (Å²) in [6.45, 7) is 5.45. The second kappa shape index (κ2) is 11.5. The van der Waals surface area contributed by atoms with Gasteiger partial charge in [0.05, 0.1) is 0 Å². The maximum atomic E-state index is 10.3. The topological polar surface area (TPSA) is 44.7 Å². The van der Waals surface area contributed by atoms with E-state index in [2.05, 4.69) is 65.7 Å². The van der Waals surface area contributed by atoms with Gasteiger partial charge in [0.15, 0.2) is 0 Å². The first-order chi connectivity index (χ1) is 14.6. The molecule has 4 heteroatoms. The number of aryl methyl sites for hydroxylation is 1. The number of rotatable bonds is 11. The average Bonchev–Trinajstić information content (AvgIpc) is 2.75. The standard InChI is InChI=1S/C26H32N2O2/c1-21-8-6-7-11-24(21)17-27-16-22-12-14-26(15-13-22)30-20-25(29)19-28(2)18-23-9-4-3-5-10-23/h3-15,25,27,29H,16-20H2,1-2H3. The molecule has 0 aliphatic rings. The smallest absolute Gasteiger partial charge is 0.119 e. The number of ether oxygens (including phenoxy) is 1. The van der Waals surface area contributed by atoms with Crippen LogP contribution in [0.4, 0.5) is 0 Å². The van der Waals surface area contributed by atoms with E-state index in [1.165, 1.54) is 22.3 Å². The Labute approximate surface area is 180 Å². The van der Waals surface area contributed by atoms with Gasteiger partial charge in [0.1, 0.15) is 18.5 Å². The van der Waals surface area contributed by atoms with E-state index in [0.717, 1.165) is 25.4 Å². The molecule has 3 aromatic carbocycles. The quantitative estimate of drug-likeness (QED) is 0.504. The largest absolute Gasteiger partial charge is 0.491 e. The minimum Gasteiger partial charge on any atom is -0.491 e. The molecule has 2 N–H and O–H groups in total. The molecule has 0 saturated carbocycles. The maximum Gasteiger partial charge on any atom is 0.119 e. The Morgan fingerprint density at radius 2 is 1.57 bits per heavy atom. The van der Waals surface area contributed by atoms with Crippen molar-refractivity contribution in [2.75, 3.05) is 20.2 Å². The van der Waals surface area contributed by atoms with Crippen molar-refractivity contribution in [3.05, 3.63) is 101 Å². The Morgan fingerprint density at radius 1 is 0.867 bits per heavy atom. The third-order valence-corrected chi connectivity index (χ3v) is 5.09. The molecule has 0 bridgehead atoms. The summed E-state index contributed by atoms with van der Waals surface area (Å²) >= 11 is 0. The third-order valence-electron chi connectivity index (χ3n) is 5.09. The van der Waals surface area contributed by atoms with Crippen LogP contribution in [0.15, 0.2) is 78.9 Å². The first-order valence-corrected chi connectivity index (χ1v) is 10.5. The summed E-state index contributed by atoms with van der Waals surface area (Å²) in [6.07, 6.45) is -0.533. The minimum absolute atomic E-state index is 0.282. The number of nitrogens with zero attached hydrogens (tertiary/aromatic N) is 1. The lowest BCUT2D eigenvalue weighted by Crippen LogP contribution is -2.32. The lowest BCUT2D eigenvalue weighted by Gasteiger charge is -2.21. The first-order valence-electron chi connectivity index (χ1n) is 10.5. The fourth-order valence-electron chi connectivity index (χ4n) is 3.42. The Balaban J connectivity index is 1.37. The van der Waals surface area contributed by atoms with Crippen molar-refractivity contribution < 1.29 is 9.84 Å². The second-order valence-electron chi connectivity index (χ2n) is 7.82. The highest BCUT2D eigenvalue weighted by atomic mass is 16.5. The molecule has 3 rings (SSSR count). The fourth-order valence-corrected chi connectivity index (χ4v) is 3.42. The highest BCUT2D eigenvalue weighted by molar-refractivity contribution is 5.28. The Hall–Kier alpha value is -2.66. The summed E-state index contributed by atoms with van der Waals surface area (Å²) in [7, 11) is 2.01. The van der Waals surface area contributed by atoms with Gasteiger partial charge in [-0.25, -0.2) is 0 Å². The number of hydrogen-bond acceptors (Lipinski definition) is 4. The Bertz CT molecular complexity index is 881. The molecular weight excluding hydrogens is 372 g/mol.